The van der Waals surface area contributed by atoms with Crippen LogP contribution in [0.1, 0.15) is 25.1 Å². The van der Waals surface area contributed by atoms with E-state index in [9.17, 15) is 0 Å². The van der Waals surface area contributed by atoms with Crippen molar-refractivity contribution in [3.8, 4) is 5.75 Å². The molecule has 0 fully saturated rings. The fourth-order valence-electron chi connectivity index (χ4n) is 1.97. The monoisotopic (exact) mass is 273 g/mol. The number of aryl methyl sites for hydroxylation is 1. The summed E-state index contributed by atoms with van der Waals surface area (Å²) in [6.07, 6.45) is 3.76. The molecule has 2 aromatic rings. The standard InChI is InChI=1S/C16H23N3O/c1-13(2)18-11-15-10-17-12-19(15)7-8-20-16-6-4-5-14(3)9-16/h4-6,9-10,12-13,18H,7-8,11H2,1-3H3. The Balaban J connectivity index is 1.83. The number of hydrogen-bond acceptors (Lipinski definition) is 3. The van der Waals surface area contributed by atoms with E-state index >= 15 is 0 Å². The molecule has 1 aromatic carbocycles. The Morgan fingerprint density at radius 1 is 1.35 bits per heavy atom. The lowest BCUT2D eigenvalue weighted by Gasteiger charge is -2.12. The van der Waals surface area contributed by atoms with Crippen molar-refractivity contribution >= 4 is 0 Å². The average Bonchev–Trinajstić information content (AvgIpc) is 2.84. The molecule has 0 atom stereocenters. The number of nitrogens with one attached hydrogen (secondary N) is 1. The summed E-state index contributed by atoms with van der Waals surface area (Å²) in [7, 11) is 0. The summed E-state index contributed by atoms with van der Waals surface area (Å²) in [6, 6.07) is 8.59. The van der Waals surface area contributed by atoms with E-state index in [0.717, 1.165) is 18.8 Å². The first-order valence-corrected chi connectivity index (χ1v) is 7.07. The Bertz CT molecular complexity index is 534. The van der Waals surface area contributed by atoms with Crippen LogP contribution in [0, 0.1) is 6.92 Å². The predicted octanol–water partition coefficient (Wildman–Crippen LogP) is 2.77. The van der Waals surface area contributed by atoms with Crippen molar-refractivity contribution in [2.24, 2.45) is 0 Å². The van der Waals surface area contributed by atoms with Gasteiger partial charge in [-0.05, 0) is 24.6 Å². The molecule has 0 amide bonds. The van der Waals surface area contributed by atoms with Crippen LogP contribution >= 0.6 is 0 Å². The maximum Gasteiger partial charge on any atom is 0.119 e. The summed E-state index contributed by atoms with van der Waals surface area (Å²) in [6.45, 7) is 8.64. The Morgan fingerprint density at radius 3 is 2.95 bits per heavy atom. The maximum atomic E-state index is 5.77. The molecule has 0 radical (unpaired) electrons. The molecular formula is C16H23N3O. The second-order valence-corrected chi connectivity index (χ2v) is 5.28. The van der Waals surface area contributed by atoms with Crippen molar-refractivity contribution in [1.82, 2.24) is 14.9 Å². The number of imidazole rings is 1. The predicted molar refractivity (Wildman–Crippen MR) is 80.9 cm³/mol. The molecule has 1 aromatic heterocycles. The lowest BCUT2D eigenvalue weighted by Crippen LogP contribution is -2.24. The molecule has 0 unspecified atom stereocenters. The van der Waals surface area contributed by atoms with E-state index in [4.69, 9.17) is 4.74 Å². The molecule has 0 aliphatic rings. The van der Waals surface area contributed by atoms with Crippen LogP contribution in [0.5, 0.6) is 5.75 Å². The number of benzene rings is 1. The first kappa shape index (κ1) is 14.6. The van der Waals surface area contributed by atoms with E-state index in [1.165, 1.54) is 11.3 Å². The zero-order valence-corrected chi connectivity index (χ0v) is 12.5. The van der Waals surface area contributed by atoms with Gasteiger partial charge in [0, 0.05) is 18.8 Å². The Kier molecular flexibility index (Phi) is 5.18. The first-order valence-electron chi connectivity index (χ1n) is 7.07. The van der Waals surface area contributed by atoms with E-state index < -0.39 is 0 Å². The number of hydrogen-bond donors (Lipinski definition) is 1. The Morgan fingerprint density at radius 2 is 2.20 bits per heavy atom. The number of ether oxygens (including phenoxy) is 1. The Labute approximate surface area is 120 Å². The lowest BCUT2D eigenvalue weighted by molar-refractivity contribution is 0.295. The van der Waals surface area contributed by atoms with Crippen molar-refractivity contribution in [2.45, 2.75) is 39.9 Å². The molecule has 4 heteroatoms. The summed E-state index contributed by atoms with van der Waals surface area (Å²) in [5.74, 6) is 0.923. The molecule has 20 heavy (non-hydrogen) atoms. The minimum atomic E-state index is 0.474. The molecule has 0 spiro atoms. The summed E-state index contributed by atoms with van der Waals surface area (Å²) in [5.41, 5.74) is 2.40. The SMILES string of the molecule is Cc1cccc(OCCn2cncc2CNC(C)C)c1. The van der Waals surface area contributed by atoms with Crippen LogP contribution in [0.3, 0.4) is 0 Å². The molecular weight excluding hydrogens is 250 g/mol. The van der Waals surface area contributed by atoms with Gasteiger partial charge in [-0.2, -0.15) is 0 Å². The third-order valence-corrected chi connectivity index (χ3v) is 3.08. The quantitative estimate of drug-likeness (QED) is 0.843. The molecule has 2 rings (SSSR count). The largest absolute Gasteiger partial charge is 0.492 e. The zero-order chi connectivity index (χ0) is 14.4. The van der Waals surface area contributed by atoms with Gasteiger partial charge in [0.05, 0.1) is 18.6 Å². The molecule has 1 heterocycles. The third kappa shape index (κ3) is 4.38. The van der Waals surface area contributed by atoms with Crippen LogP contribution in [0.25, 0.3) is 0 Å². The van der Waals surface area contributed by atoms with Crippen LogP contribution < -0.4 is 10.1 Å². The van der Waals surface area contributed by atoms with Crippen LogP contribution in [0.4, 0.5) is 0 Å². The van der Waals surface area contributed by atoms with Crippen molar-refractivity contribution in [3.63, 3.8) is 0 Å². The second kappa shape index (κ2) is 7.10. The van der Waals surface area contributed by atoms with Gasteiger partial charge in [0.2, 0.25) is 0 Å². The molecule has 1 N–H and O–H groups in total. The highest BCUT2D eigenvalue weighted by molar-refractivity contribution is 5.27. The summed E-state index contributed by atoms with van der Waals surface area (Å²) in [4.78, 5) is 4.21. The molecule has 0 saturated carbocycles. The summed E-state index contributed by atoms with van der Waals surface area (Å²) < 4.78 is 7.90. The zero-order valence-electron chi connectivity index (χ0n) is 12.5. The van der Waals surface area contributed by atoms with Gasteiger partial charge in [-0.15, -0.1) is 0 Å². The van der Waals surface area contributed by atoms with Crippen molar-refractivity contribution in [3.05, 3.63) is 48.0 Å². The van der Waals surface area contributed by atoms with Gasteiger partial charge in [0.25, 0.3) is 0 Å². The highest BCUT2D eigenvalue weighted by Crippen LogP contribution is 2.12. The minimum absolute atomic E-state index is 0.474. The minimum Gasteiger partial charge on any atom is -0.492 e. The van der Waals surface area contributed by atoms with Crippen molar-refractivity contribution in [1.29, 1.82) is 0 Å². The van der Waals surface area contributed by atoms with Crippen LogP contribution in [-0.2, 0) is 13.1 Å². The second-order valence-electron chi connectivity index (χ2n) is 5.28. The van der Waals surface area contributed by atoms with Crippen LogP contribution in [0.15, 0.2) is 36.8 Å². The van der Waals surface area contributed by atoms with Gasteiger partial charge in [0.1, 0.15) is 12.4 Å². The highest BCUT2D eigenvalue weighted by atomic mass is 16.5. The van der Waals surface area contributed by atoms with E-state index in [-0.39, 0.29) is 0 Å². The van der Waals surface area contributed by atoms with Crippen LogP contribution in [-0.4, -0.2) is 22.2 Å². The van der Waals surface area contributed by atoms with Gasteiger partial charge >= 0.3 is 0 Å². The third-order valence-electron chi connectivity index (χ3n) is 3.08. The topological polar surface area (TPSA) is 39.1 Å². The first-order chi connectivity index (χ1) is 9.65. The normalized spacial score (nSPS) is 11.0. The summed E-state index contributed by atoms with van der Waals surface area (Å²) >= 11 is 0. The van der Waals surface area contributed by atoms with Gasteiger partial charge in [0.15, 0.2) is 0 Å². The van der Waals surface area contributed by atoms with Gasteiger partial charge in [-0.25, -0.2) is 4.98 Å². The van der Waals surface area contributed by atoms with Gasteiger partial charge in [-0.1, -0.05) is 26.0 Å². The van der Waals surface area contributed by atoms with Crippen molar-refractivity contribution in [2.75, 3.05) is 6.61 Å². The fourth-order valence-corrected chi connectivity index (χ4v) is 1.97. The fraction of sp³-hybridized carbons (Fsp3) is 0.438. The maximum absolute atomic E-state index is 5.77. The number of aromatic nitrogens is 2. The number of rotatable bonds is 7. The van der Waals surface area contributed by atoms with E-state index in [2.05, 4.69) is 47.8 Å². The highest BCUT2D eigenvalue weighted by Gasteiger charge is 2.03. The Hall–Kier alpha value is -1.81. The smallest absolute Gasteiger partial charge is 0.119 e. The van der Waals surface area contributed by atoms with E-state index in [1.54, 1.807) is 0 Å². The average molecular weight is 273 g/mol. The van der Waals surface area contributed by atoms with Crippen LogP contribution in [0.2, 0.25) is 0 Å². The molecule has 0 bridgehead atoms. The summed E-state index contributed by atoms with van der Waals surface area (Å²) in [5, 5.41) is 3.40. The molecule has 108 valence electrons. The van der Waals surface area contributed by atoms with Gasteiger partial charge < -0.3 is 14.6 Å². The molecule has 4 nitrogen and oxygen atoms in total. The van der Waals surface area contributed by atoms with E-state index in [0.29, 0.717) is 12.6 Å². The molecule has 0 aliphatic carbocycles. The van der Waals surface area contributed by atoms with Gasteiger partial charge in [-0.3, -0.25) is 0 Å². The molecule has 0 aliphatic heterocycles. The lowest BCUT2D eigenvalue weighted by atomic mass is 10.2. The van der Waals surface area contributed by atoms with Crippen molar-refractivity contribution < 1.29 is 4.74 Å². The van der Waals surface area contributed by atoms with E-state index in [1.807, 2.05) is 24.7 Å². The number of nitrogens with zero attached hydrogens (tertiary/aromatic N) is 2. The molecule has 0 saturated heterocycles.